The molecule has 0 aliphatic carbocycles. The second kappa shape index (κ2) is 9.00. The minimum Gasteiger partial charge on any atom is -0.492 e. The average molecular weight is 381 g/mol. The molecule has 0 radical (unpaired) electrons. The summed E-state index contributed by atoms with van der Waals surface area (Å²) in [6.45, 7) is 0.230. The number of carbonyl (C=O) groups excluding carboxylic acids is 2. The lowest BCUT2D eigenvalue weighted by Gasteiger charge is -2.12. The highest BCUT2D eigenvalue weighted by Gasteiger charge is 2.15. The standard InChI is InChI=1S/C21H19NO4S/c1-25-21(24)20-17(12-14-27-20)22-19(23)11-13-26-18-10-6-5-9-16(18)15-7-3-2-4-8-15/h2-10,12,14H,11,13H2,1H3,(H,22,23). The van der Waals surface area contributed by atoms with Crippen molar-refractivity contribution in [3.05, 3.63) is 70.9 Å². The van der Waals surface area contributed by atoms with Gasteiger partial charge in [0.25, 0.3) is 0 Å². The molecule has 0 spiro atoms. The first-order chi connectivity index (χ1) is 13.2. The van der Waals surface area contributed by atoms with E-state index in [9.17, 15) is 9.59 Å². The van der Waals surface area contributed by atoms with Gasteiger partial charge in [-0.05, 0) is 23.1 Å². The smallest absolute Gasteiger partial charge is 0.350 e. The summed E-state index contributed by atoms with van der Waals surface area (Å²) in [6, 6.07) is 19.3. The molecule has 138 valence electrons. The molecule has 0 aliphatic heterocycles. The van der Waals surface area contributed by atoms with Gasteiger partial charge in [-0.25, -0.2) is 4.79 Å². The van der Waals surface area contributed by atoms with Crippen LogP contribution in [-0.2, 0) is 9.53 Å². The highest BCUT2D eigenvalue weighted by molar-refractivity contribution is 7.12. The average Bonchev–Trinajstić information content (AvgIpc) is 3.16. The molecule has 0 unspecified atom stereocenters. The van der Waals surface area contributed by atoms with Gasteiger partial charge >= 0.3 is 5.97 Å². The Balaban J connectivity index is 1.59. The zero-order valence-corrected chi connectivity index (χ0v) is 15.6. The third-order valence-corrected chi connectivity index (χ3v) is 4.76. The summed E-state index contributed by atoms with van der Waals surface area (Å²) in [5.74, 6) is 0.0337. The number of esters is 1. The van der Waals surface area contributed by atoms with Crippen molar-refractivity contribution in [3.63, 3.8) is 0 Å². The number of rotatable bonds is 7. The van der Waals surface area contributed by atoms with Crippen molar-refractivity contribution in [2.75, 3.05) is 19.0 Å². The van der Waals surface area contributed by atoms with Gasteiger partial charge < -0.3 is 14.8 Å². The van der Waals surface area contributed by atoms with Crippen molar-refractivity contribution in [2.45, 2.75) is 6.42 Å². The molecule has 0 aliphatic rings. The maximum atomic E-state index is 12.2. The lowest BCUT2D eigenvalue weighted by Crippen LogP contribution is -2.16. The van der Waals surface area contributed by atoms with Crippen LogP contribution in [0, 0.1) is 0 Å². The molecule has 5 nitrogen and oxygen atoms in total. The first-order valence-electron chi connectivity index (χ1n) is 8.42. The van der Waals surface area contributed by atoms with Crippen LogP contribution in [0.15, 0.2) is 66.0 Å². The molecule has 1 N–H and O–H groups in total. The molecule has 0 saturated carbocycles. The van der Waals surface area contributed by atoms with Crippen LogP contribution in [0.4, 0.5) is 5.69 Å². The van der Waals surface area contributed by atoms with Gasteiger partial charge in [0.1, 0.15) is 10.6 Å². The zero-order valence-electron chi connectivity index (χ0n) is 14.8. The molecule has 3 aromatic rings. The topological polar surface area (TPSA) is 64.6 Å². The normalized spacial score (nSPS) is 10.3. The van der Waals surface area contributed by atoms with Crippen LogP contribution in [0.5, 0.6) is 5.75 Å². The van der Waals surface area contributed by atoms with Crippen molar-refractivity contribution in [3.8, 4) is 16.9 Å². The fourth-order valence-electron chi connectivity index (χ4n) is 2.57. The van der Waals surface area contributed by atoms with Crippen LogP contribution in [0.2, 0.25) is 0 Å². The first kappa shape index (κ1) is 18.7. The lowest BCUT2D eigenvalue weighted by atomic mass is 10.1. The van der Waals surface area contributed by atoms with E-state index in [1.165, 1.54) is 18.4 Å². The van der Waals surface area contributed by atoms with E-state index < -0.39 is 5.97 Å². The van der Waals surface area contributed by atoms with Crippen molar-refractivity contribution < 1.29 is 19.1 Å². The fourth-order valence-corrected chi connectivity index (χ4v) is 3.34. The first-order valence-corrected chi connectivity index (χ1v) is 9.30. The maximum Gasteiger partial charge on any atom is 0.350 e. The Bertz CT molecular complexity index is 921. The van der Waals surface area contributed by atoms with Gasteiger partial charge in [-0.15, -0.1) is 11.3 Å². The predicted octanol–water partition coefficient (Wildman–Crippen LogP) is 4.61. The molecular weight excluding hydrogens is 362 g/mol. The highest BCUT2D eigenvalue weighted by Crippen LogP contribution is 2.29. The van der Waals surface area contributed by atoms with E-state index in [0.717, 1.165) is 16.9 Å². The third kappa shape index (κ3) is 4.74. The van der Waals surface area contributed by atoms with Gasteiger partial charge in [-0.3, -0.25) is 4.79 Å². The molecule has 0 saturated heterocycles. The summed E-state index contributed by atoms with van der Waals surface area (Å²) in [5.41, 5.74) is 2.49. The Morgan fingerprint density at radius 2 is 1.74 bits per heavy atom. The van der Waals surface area contributed by atoms with Gasteiger partial charge in [0, 0.05) is 5.56 Å². The molecule has 0 fully saturated rings. The number of ether oxygens (including phenoxy) is 2. The lowest BCUT2D eigenvalue weighted by molar-refractivity contribution is -0.116. The van der Waals surface area contributed by atoms with E-state index in [2.05, 4.69) is 5.32 Å². The summed E-state index contributed by atoms with van der Waals surface area (Å²) in [4.78, 5) is 24.2. The number of thiophene rings is 1. The predicted molar refractivity (Wildman–Crippen MR) is 106 cm³/mol. The highest BCUT2D eigenvalue weighted by atomic mass is 32.1. The number of carbonyl (C=O) groups is 2. The van der Waals surface area contributed by atoms with E-state index in [1.54, 1.807) is 11.4 Å². The summed E-state index contributed by atoms with van der Waals surface area (Å²) >= 11 is 1.22. The minimum absolute atomic E-state index is 0.166. The second-order valence-corrected chi connectivity index (χ2v) is 6.58. The van der Waals surface area contributed by atoms with Crippen LogP contribution in [0.1, 0.15) is 16.1 Å². The van der Waals surface area contributed by atoms with Crippen molar-refractivity contribution in [1.29, 1.82) is 0 Å². The molecule has 1 heterocycles. The van der Waals surface area contributed by atoms with E-state index >= 15 is 0 Å². The molecule has 0 bridgehead atoms. The van der Waals surface area contributed by atoms with Crippen LogP contribution < -0.4 is 10.1 Å². The van der Waals surface area contributed by atoms with Crippen molar-refractivity contribution in [1.82, 2.24) is 0 Å². The third-order valence-electron chi connectivity index (χ3n) is 3.87. The quantitative estimate of drug-likeness (QED) is 0.607. The minimum atomic E-state index is -0.465. The number of hydrogen-bond donors (Lipinski definition) is 1. The second-order valence-electron chi connectivity index (χ2n) is 5.66. The molecule has 27 heavy (non-hydrogen) atoms. The van der Waals surface area contributed by atoms with E-state index in [1.807, 2.05) is 54.6 Å². The van der Waals surface area contributed by atoms with E-state index in [4.69, 9.17) is 9.47 Å². The number of amides is 1. The Morgan fingerprint density at radius 1 is 1.00 bits per heavy atom. The monoisotopic (exact) mass is 381 g/mol. The summed E-state index contributed by atoms with van der Waals surface area (Å²) in [6.07, 6.45) is 0.166. The number of anilines is 1. The summed E-state index contributed by atoms with van der Waals surface area (Å²) in [7, 11) is 1.31. The molecule has 0 atom stereocenters. The number of hydrogen-bond acceptors (Lipinski definition) is 5. The molecule has 6 heteroatoms. The number of methoxy groups -OCH3 is 1. The van der Waals surface area contributed by atoms with Crippen molar-refractivity contribution >= 4 is 28.9 Å². The fraction of sp³-hybridized carbons (Fsp3) is 0.143. The molecular formula is C21H19NO4S. The van der Waals surface area contributed by atoms with Crippen LogP contribution in [0.25, 0.3) is 11.1 Å². The van der Waals surface area contributed by atoms with Gasteiger partial charge in [0.2, 0.25) is 5.91 Å². The molecule has 1 amide bonds. The maximum absolute atomic E-state index is 12.2. The van der Waals surface area contributed by atoms with Gasteiger partial charge in [0.15, 0.2) is 0 Å². The zero-order chi connectivity index (χ0) is 19.1. The summed E-state index contributed by atoms with van der Waals surface area (Å²) < 4.78 is 10.5. The Kier molecular flexibility index (Phi) is 6.22. The number of nitrogens with one attached hydrogen (secondary N) is 1. The molecule has 3 rings (SSSR count). The van der Waals surface area contributed by atoms with Crippen LogP contribution in [0.3, 0.4) is 0 Å². The molecule has 1 aromatic heterocycles. The summed E-state index contributed by atoms with van der Waals surface area (Å²) in [5, 5.41) is 4.46. The van der Waals surface area contributed by atoms with E-state index in [0.29, 0.717) is 10.6 Å². The van der Waals surface area contributed by atoms with E-state index in [-0.39, 0.29) is 18.9 Å². The SMILES string of the molecule is COC(=O)c1sccc1NC(=O)CCOc1ccccc1-c1ccccc1. The Hall–Kier alpha value is -3.12. The van der Waals surface area contributed by atoms with Gasteiger partial charge in [-0.2, -0.15) is 0 Å². The Morgan fingerprint density at radius 3 is 2.52 bits per heavy atom. The largest absolute Gasteiger partial charge is 0.492 e. The number of para-hydroxylation sites is 1. The van der Waals surface area contributed by atoms with Crippen LogP contribution in [-0.4, -0.2) is 25.6 Å². The Labute approximate surface area is 161 Å². The number of benzene rings is 2. The van der Waals surface area contributed by atoms with Crippen molar-refractivity contribution in [2.24, 2.45) is 0 Å². The van der Waals surface area contributed by atoms with Gasteiger partial charge in [0.05, 0.1) is 25.8 Å². The van der Waals surface area contributed by atoms with Gasteiger partial charge in [-0.1, -0.05) is 48.5 Å². The van der Waals surface area contributed by atoms with Crippen LogP contribution >= 0.6 is 11.3 Å². The molecule has 2 aromatic carbocycles.